The van der Waals surface area contributed by atoms with Gasteiger partial charge in [0.25, 0.3) is 0 Å². The summed E-state index contributed by atoms with van der Waals surface area (Å²) in [6, 6.07) is 8.23. The number of benzene rings is 1. The van der Waals surface area contributed by atoms with Gasteiger partial charge >= 0.3 is 0 Å². The fourth-order valence-corrected chi connectivity index (χ4v) is 1.57. The van der Waals surface area contributed by atoms with Crippen molar-refractivity contribution < 1.29 is 0 Å². The summed E-state index contributed by atoms with van der Waals surface area (Å²) in [4.78, 5) is 0. The van der Waals surface area contributed by atoms with Crippen molar-refractivity contribution in [2.45, 2.75) is 6.42 Å². The van der Waals surface area contributed by atoms with Crippen LogP contribution in [0.1, 0.15) is 5.56 Å². The van der Waals surface area contributed by atoms with E-state index in [-0.39, 0.29) is 0 Å². The summed E-state index contributed by atoms with van der Waals surface area (Å²) < 4.78 is 0. The van der Waals surface area contributed by atoms with Crippen molar-refractivity contribution in [3.8, 4) is 0 Å². The SMILES string of the molecule is S=C=NN1CCc2ccccc21. The molecule has 0 unspecified atom stereocenters. The summed E-state index contributed by atoms with van der Waals surface area (Å²) in [5, 5.41) is 8.24. The number of hydrogen-bond acceptors (Lipinski definition) is 3. The number of anilines is 1. The molecule has 1 aromatic carbocycles. The third-order valence-corrected chi connectivity index (χ3v) is 2.11. The van der Waals surface area contributed by atoms with Crippen LogP contribution in [0.3, 0.4) is 0 Å². The Labute approximate surface area is 76.5 Å². The number of fused-ring (bicyclic) bond motifs is 1. The topological polar surface area (TPSA) is 15.6 Å². The zero-order valence-electron chi connectivity index (χ0n) is 6.53. The normalized spacial score (nSPS) is 13.8. The molecule has 1 aliphatic heterocycles. The summed E-state index contributed by atoms with van der Waals surface area (Å²) in [6.07, 6.45) is 1.05. The molecule has 1 aliphatic rings. The Morgan fingerprint density at radius 2 is 2.25 bits per heavy atom. The van der Waals surface area contributed by atoms with Crippen LogP contribution in [0.2, 0.25) is 0 Å². The highest BCUT2D eigenvalue weighted by Crippen LogP contribution is 2.26. The molecular weight excluding hydrogens is 168 g/mol. The summed E-state index contributed by atoms with van der Waals surface area (Å²) in [5.74, 6) is 0. The highest BCUT2D eigenvalue weighted by Gasteiger charge is 2.16. The first-order valence-electron chi connectivity index (χ1n) is 3.85. The molecule has 0 N–H and O–H groups in total. The number of rotatable bonds is 1. The van der Waals surface area contributed by atoms with Gasteiger partial charge in [0, 0.05) is 6.54 Å². The van der Waals surface area contributed by atoms with Crippen LogP contribution < -0.4 is 5.01 Å². The zero-order valence-corrected chi connectivity index (χ0v) is 7.34. The van der Waals surface area contributed by atoms with E-state index in [9.17, 15) is 0 Å². The molecule has 0 spiro atoms. The predicted octanol–water partition coefficient (Wildman–Crippen LogP) is 2.07. The van der Waals surface area contributed by atoms with E-state index in [0.717, 1.165) is 18.7 Å². The molecule has 0 radical (unpaired) electrons. The van der Waals surface area contributed by atoms with Crippen LogP contribution in [0.5, 0.6) is 0 Å². The average molecular weight is 176 g/mol. The second kappa shape index (κ2) is 3.05. The number of thiocarbonyl (C=S) groups is 1. The van der Waals surface area contributed by atoms with E-state index in [2.05, 4.69) is 34.6 Å². The third-order valence-electron chi connectivity index (χ3n) is 2.02. The molecule has 1 heterocycles. The van der Waals surface area contributed by atoms with Gasteiger partial charge in [0.2, 0.25) is 0 Å². The van der Waals surface area contributed by atoms with Crippen LogP contribution in [-0.2, 0) is 6.42 Å². The predicted molar refractivity (Wildman–Crippen MR) is 52.5 cm³/mol. The smallest absolute Gasteiger partial charge is 0.0850 e. The fourth-order valence-electron chi connectivity index (χ4n) is 1.47. The second-order valence-corrected chi connectivity index (χ2v) is 2.88. The minimum Gasteiger partial charge on any atom is -0.256 e. The van der Waals surface area contributed by atoms with E-state index < -0.39 is 0 Å². The lowest BCUT2D eigenvalue weighted by Gasteiger charge is -2.08. The molecule has 2 rings (SSSR count). The zero-order chi connectivity index (χ0) is 8.39. The lowest BCUT2D eigenvalue weighted by molar-refractivity contribution is 0.899. The maximum Gasteiger partial charge on any atom is 0.0850 e. The highest BCUT2D eigenvalue weighted by atomic mass is 32.1. The molecule has 0 aliphatic carbocycles. The minimum atomic E-state index is 0.920. The Morgan fingerprint density at radius 1 is 1.42 bits per heavy atom. The van der Waals surface area contributed by atoms with E-state index in [0.29, 0.717) is 0 Å². The quantitative estimate of drug-likeness (QED) is 0.481. The van der Waals surface area contributed by atoms with Gasteiger partial charge in [0.1, 0.15) is 0 Å². The first-order valence-corrected chi connectivity index (χ1v) is 4.26. The van der Waals surface area contributed by atoms with Crippen molar-refractivity contribution in [2.75, 3.05) is 11.6 Å². The number of isothiocyanates is 1. The van der Waals surface area contributed by atoms with Gasteiger partial charge in [-0.3, -0.25) is 5.01 Å². The van der Waals surface area contributed by atoms with Crippen LogP contribution in [-0.4, -0.2) is 11.7 Å². The molecule has 2 nitrogen and oxygen atoms in total. The van der Waals surface area contributed by atoms with Gasteiger partial charge in [-0.25, -0.2) is 0 Å². The Morgan fingerprint density at radius 3 is 3.08 bits per heavy atom. The van der Waals surface area contributed by atoms with Crippen molar-refractivity contribution in [1.82, 2.24) is 0 Å². The van der Waals surface area contributed by atoms with Gasteiger partial charge in [-0.2, -0.15) is 0 Å². The van der Waals surface area contributed by atoms with Gasteiger partial charge in [0.15, 0.2) is 0 Å². The van der Waals surface area contributed by atoms with Crippen molar-refractivity contribution in [3.05, 3.63) is 29.8 Å². The molecule has 12 heavy (non-hydrogen) atoms. The van der Waals surface area contributed by atoms with Gasteiger partial charge in [0.05, 0.1) is 10.8 Å². The van der Waals surface area contributed by atoms with Crippen LogP contribution in [0.15, 0.2) is 29.4 Å². The number of nitrogens with zero attached hydrogens (tertiary/aromatic N) is 2. The Hall–Kier alpha value is -1.18. The van der Waals surface area contributed by atoms with Crippen LogP contribution >= 0.6 is 12.2 Å². The molecule has 0 saturated heterocycles. The van der Waals surface area contributed by atoms with Gasteiger partial charge in [-0.05, 0) is 30.3 Å². The largest absolute Gasteiger partial charge is 0.256 e. The van der Waals surface area contributed by atoms with Crippen molar-refractivity contribution >= 4 is 23.1 Å². The van der Waals surface area contributed by atoms with Crippen molar-refractivity contribution in [3.63, 3.8) is 0 Å². The lowest BCUT2D eigenvalue weighted by atomic mass is 10.2. The maximum atomic E-state index is 4.56. The first-order chi connectivity index (χ1) is 5.92. The summed E-state index contributed by atoms with van der Waals surface area (Å²) in [7, 11) is 0. The molecule has 0 bridgehead atoms. The molecule has 0 fully saturated rings. The first kappa shape index (κ1) is 7.47. The number of hydrazone groups is 1. The molecule has 0 saturated carbocycles. The molecule has 1 aromatic rings. The number of para-hydroxylation sites is 1. The molecule has 0 aromatic heterocycles. The fraction of sp³-hybridized carbons (Fsp3) is 0.222. The third kappa shape index (κ3) is 1.13. The molecule has 0 atom stereocenters. The Bertz CT molecular complexity index is 342. The monoisotopic (exact) mass is 176 g/mol. The molecular formula is C9H8N2S. The van der Waals surface area contributed by atoms with Gasteiger partial charge < -0.3 is 0 Å². The maximum absolute atomic E-state index is 4.56. The van der Waals surface area contributed by atoms with E-state index in [1.54, 1.807) is 0 Å². The Kier molecular flexibility index (Phi) is 1.90. The standard InChI is InChI=1S/C9H8N2S/c12-7-10-11-6-5-8-3-1-2-4-9(8)11/h1-4H,5-6H2. The highest BCUT2D eigenvalue weighted by molar-refractivity contribution is 7.78. The lowest BCUT2D eigenvalue weighted by Crippen LogP contribution is -2.11. The van der Waals surface area contributed by atoms with Crippen molar-refractivity contribution in [2.24, 2.45) is 5.10 Å². The van der Waals surface area contributed by atoms with Crippen LogP contribution in [0.25, 0.3) is 0 Å². The molecule has 60 valence electrons. The molecule has 0 amide bonds. The molecule has 3 heteroatoms. The van der Waals surface area contributed by atoms with E-state index in [1.807, 2.05) is 17.1 Å². The summed E-state index contributed by atoms with van der Waals surface area (Å²) in [6.45, 7) is 0.920. The van der Waals surface area contributed by atoms with E-state index in [1.165, 1.54) is 5.56 Å². The van der Waals surface area contributed by atoms with Crippen LogP contribution in [0.4, 0.5) is 5.69 Å². The summed E-state index contributed by atoms with van der Waals surface area (Å²) in [5.41, 5.74) is 2.50. The number of hydrogen-bond donors (Lipinski definition) is 0. The Balaban J connectivity index is 2.42. The van der Waals surface area contributed by atoms with E-state index >= 15 is 0 Å². The van der Waals surface area contributed by atoms with Crippen LogP contribution in [0, 0.1) is 0 Å². The average Bonchev–Trinajstić information content (AvgIpc) is 2.50. The van der Waals surface area contributed by atoms with Gasteiger partial charge in [-0.15, -0.1) is 5.10 Å². The minimum absolute atomic E-state index is 0.920. The van der Waals surface area contributed by atoms with Crippen molar-refractivity contribution in [1.29, 1.82) is 0 Å². The van der Waals surface area contributed by atoms with Gasteiger partial charge in [-0.1, -0.05) is 18.2 Å². The van der Waals surface area contributed by atoms with E-state index in [4.69, 9.17) is 0 Å². The summed E-state index contributed by atoms with van der Waals surface area (Å²) >= 11 is 4.56. The second-order valence-electron chi connectivity index (χ2n) is 2.69.